The van der Waals surface area contributed by atoms with Crippen LogP contribution in [0.5, 0.6) is 0 Å². The largest absolute Gasteiger partial charge is 0.304 e. The molecule has 264 valence electrons. The Morgan fingerprint density at radius 3 is 1.71 bits per heavy atom. The Morgan fingerprint density at radius 2 is 1.20 bits per heavy atom. The monoisotopic (exact) mass is 746 g/mol. The van der Waals surface area contributed by atoms with E-state index in [-0.39, 0.29) is 21.4 Å². The first kappa shape index (κ1) is 19.3. The van der Waals surface area contributed by atoms with Crippen LogP contribution < -0.4 is 16.0 Å². The highest BCUT2D eigenvalue weighted by Gasteiger charge is 2.44. The first-order chi connectivity index (χ1) is 31.5. The van der Waals surface area contributed by atoms with Crippen LogP contribution in [-0.2, 0) is 31.0 Å². The highest BCUT2D eigenvalue weighted by atomic mass is 35.5. The average Bonchev–Trinajstić information content (AvgIpc) is 3.23. The number of carbonyl (C=O) groups excluding carboxylic acids is 3. The zero-order chi connectivity index (χ0) is 54.1. The maximum absolute atomic E-state index is 13.1. The molecule has 3 aromatic carbocycles. The standard InChI is InChI=1S/C14H18ClNO.2C13H16ClNO/c1-10-7-8-14(16-2,13(17)9-10)11-5-3-4-6-12(11)15;2*1-15-13(9-5-4-8-12(13)16)10-6-2-3-7-11(10)14/h3-6,10,16H,7-9H2,1-2H3;2*2-3,6-7,15H,4-5,8-9H2,1H3/i7D2,8D2,9D2,10D;1D3,4D2,5D2,8D2,9D2;1D3. The molecule has 0 radical (unpaired) electrons. The normalized spacial score (nSPS) is 42.6. The van der Waals surface area contributed by atoms with Gasteiger partial charge in [0.1, 0.15) is 16.6 Å². The lowest BCUT2D eigenvalue weighted by Gasteiger charge is -2.38. The van der Waals surface area contributed by atoms with Crippen LogP contribution in [-0.4, -0.2) is 38.3 Å². The summed E-state index contributed by atoms with van der Waals surface area (Å²) in [6.45, 7) is -4.69. The summed E-state index contributed by atoms with van der Waals surface area (Å²) in [4.78, 5) is 38.6. The molecule has 0 aliphatic heterocycles. The Hall–Kier alpha value is -2.58. The first-order valence-corrected chi connectivity index (χ1v) is 16.3. The second-order valence-corrected chi connectivity index (χ2v) is 12.4. The van der Waals surface area contributed by atoms with E-state index in [2.05, 4.69) is 10.6 Å². The summed E-state index contributed by atoms with van der Waals surface area (Å²) in [6, 6.07) is 17.8. The molecule has 3 aliphatic rings. The molecule has 9 heteroatoms. The third kappa shape index (κ3) is 8.32. The van der Waals surface area contributed by atoms with Crippen LogP contribution in [0.3, 0.4) is 0 Å². The molecule has 3 aromatic rings. The highest BCUT2D eigenvalue weighted by Crippen LogP contribution is 2.40. The quantitative estimate of drug-likeness (QED) is 0.234. The summed E-state index contributed by atoms with van der Waals surface area (Å²) in [6.07, 6.45) is -20.8. The van der Waals surface area contributed by atoms with Crippen molar-refractivity contribution in [2.24, 2.45) is 5.89 Å². The predicted molar refractivity (Wildman–Crippen MR) is 202 cm³/mol. The van der Waals surface area contributed by atoms with Gasteiger partial charge >= 0.3 is 0 Å². The number of carbonyl (C=O) groups is 3. The zero-order valence-corrected chi connectivity index (χ0v) is 28.9. The van der Waals surface area contributed by atoms with Crippen LogP contribution in [0, 0.1) is 5.89 Å². The number of hydrogen-bond donors (Lipinski definition) is 3. The molecule has 6 nitrogen and oxygen atoms in total. The molecule has 0 bridgehead atoms. The summed E-state index contributed by atoms with van der Waals surface area (Å²) in [7, 11) is 1.25. The molecule has 0 heterocycles. The molecule has 49 heavy (non-hydrogen) atoms. The van der Waals surface area contributed by atoms with E-state index in [1.807, 2.05) is 0 Å². The van der Waals surface area contributed by atoms with E-state index in [0.29, 0.717) is 23.4 Å². The lowest BCUT2D eigenvalue weighted by atomic mass is 9.72. The van der Waals surface area contributed by atoms with Gasteiger partial charge in [-0.3, -0.25) is 14.4 Å². The number of benzene rings is 3. The van der Waals surface area contributed by atoms with Crippen LogP contribution in [0.2, 0.25) is 15.1 Å². The van der Waals surface area contributed by atoms with E-state index >= 15 is 0 Å². The molecule has 0 saturated heterocycles. The van der Waals surface area contributed by atoms with Crippen LogP contribution >= 0.6 is 34.8 Å². The number of hydrogen-bond acceptors (Lipinski definition) is 6. The molecular weight excluding hydrogens is 677 g/mol. The molecule has 3 N–H and O–H groups in total. The average molecular weight is 748 g/mol. The summed E-state index contributed by atoms with van der Waals surface area (Å²) < 4.78 is 166. The SMILES string of the molecule is [2H]C([2H])([2H])NC1(c2ccccc2Cl)C(=O)C([2H])([2H])C([2H])([2H])C([2H])([2H])C1([2H])[2H].[2H]C([2H])([2H])NC1(c2ccccc2Cl)CCCCC1=O.[2H]C1([2H])C(=O)C(NC)(c2ccccc2Cl)C([2H])([2H])C([2H])([2H])C1([2H])C. The topological polar surface area (TPSA) is 87.3 Å². The van der Waals surface area contributed by atoms with Crippen molar-refractivity contribution in [1.29, 1.82) is 0 Å². The molecule has 4 atom stereocenters. The van der Waals surface area contributed by atoms with Gasteiger partial charge in [0.25, 0.3) is 0 Å². The minimum Gasteiger partial charge on any atom is -0.304 e. The molecule has 3 saturated carbocycles. The Labute approximate surface area is 336 Å². The molecule has 6 rings (SSSR count). The number of Topliss-reactive ketones (excluding diaryl/α,β-unsaturated/α-hetero) is 3. The fourth-order valence-corrected chi connectivity index (χ4v) is 6.45. The summed E-state index contributed by atoms with van der Waals surface area (Å²) in [5.74, 6) is -5.79. The van der Waals surface area contributed by atoms with Gasteiger partial charge in [0, 0.05) is 63.0 Å². The summed E-state index contributed by atoms with van der Waals surface area (Å²) in [5, 5.41) is 6.92. The third-order valence-electron chi connectivity index (χ3n) is 8.26. The number of ketones is 3. The minimum atomic E-state index is -3.62. The molecule has 3 aliphatic carbocycles. The van der Waals surface area contributed by atoms with E-state index in [0.717, 1.165) is 25.8 Å². The molecule has 4 unspecified atom stereocenters. The van der Waals surface area contributed by atoms with Gasteiger partial charge in [0.2, 0.25) is 0 Å². The van der Waals surface area contributed by atoms with Gasteiger partial charge in [0.05, 0.1) is 0 Å². The summed E-state index contributed by atoms with van der Waals surface area (Å²) >= 11 is 18.3. The Bertz CT molecular complexity index is 2490. The number of halogens is 3. The maximum atomic E-state index is 13.1. The molecule has 3 fully saturated rings. The lowest BCUT2D eigenvalue weighted by Crippen LogP contribution is -2.50. The van der Waals surface area contributed by atoms with Gasteiger partial charge in [-0.1, -0.05) is 109 Å². The van der Waals surface area contributed by atoms with Gasteiger partial charge in [-0.25, -0.2) is 0 Å². The number of nitrogens with one attached hydrogen (secondary N) is 3. The fraction of sp³-hybridized carbons (Fsp3) is 0.475. The van der Waals surface area contributed by atoms with Crippen molar-refractivity contribution in [2.75, 3.05) is 21.0 Å². The number of rotatable bonds is 6. The van der Waals surface area contributed by atoms with Crippen molar-refractivity contribution < 1.29 is 43.2 Å². The van der Waals surface area contributed by atoms with Gasteiger partial charge in [-0.05, 0) is 100 Å². The smallest absolute Gasteiger partial charge is 0.157 e. The van der Waals surface area contributed by atoms with Gasteiger partial charge < -0.3 is 16.0 Å². The Kier molecular flexibility index (Phi) is 6.92. The van der Waals surface area contributed by atoms with Gasteiger partial charge in [0.15, 0.2) is 17.3 Å². The van der Waals surface area contributed by atoms with Crippen LogP contribution in [0.1, 0.15) is 123 Å². The molecule has 0 aromatic heterocycles. The van der Waals surface area contributed by atoms with Crippen LogP contribution in [0.4, 0.5) is 0 Å². The van der Waals surface area contributed by atoms with E-state index < -0.39 is 98.2 Å². The van der Waals surface area contributed by atoms with Crippen LogP contribution in [0.15, 0.2) is 72.8 Å². The van der Waals surface area contributed by atoms with Crippen molar-refractivity contribution in [3.63, 3.8) is 0 Å². The molecular formula is C40H50Cl3N3O3. The van der Waals surface area contributed by atoms with E-state index in [1.54, 1.807) is 35.6 Å². The second kappa shape index (κ2) is 17.6. The molecule has 0 amide bonds. The van der Waals surface area contributed by atoms with E-state index in [9.17, 15) is 14.4 Å². The van der Waals surface area contributed by atoms with Crippen molar-refractivity contribution in [2.45, 2.75) is 93.8 Å². The summed E-state index contributed by atoms with van der Waals surface area (Å²) in [5.41, 5.74) is -6.67. The third-order valence-corrected chi connectivity index (χ3v) is 9.24. The predicted octanol–water partition coefficient (Wildman–Crippen LogP) is 8.94. The maximum Gasteiger partial charge on any atom is 0.157 e. The van der Waals surface area contributed by atoms with Crippen LogP contribution in [0.25, 0.3) is 0 Å². The van der Waals surface area contributed by atoms with Crippen molar-refractivity contribution in [1.82, 2.24) is 16.0 Å². The highest BCUT2D eigenvalue weighted by molar-refractivity contribution is 6.32. The number of likely N-dealkylation sites (N-methyl/N-ethyl adjacent to an activating group) is 3. The van der Waals surface area contributed by atoms with E-state index in [1.165, 1.54) is 43.4 Å². The molecule has 0 spiro atoms. The lowest BCUT2D eigenvalue weighted by molar-refractivity contribution is -0.129. The first-order valence-electron chi connectivity index (χ1n) is 25.6. The zero-order valence-electron chi connectivity index (χ0n) is 47.6. The van der Waals surface area contributed by atoms with E-state index in [4.69, 9.17) is 63.6 Å². The van der Waals surface area contributed by atoms with Crippen molar-refractivity contribution >= 4 is 52.2 Å². The Morgan fingerprint density at radius 1 is 0.694 bits per heavy atom. The fourth-order valence-electron chi connectivity index (χ4n) is 5.60. The van der Waals surface area contributed by atoms with Gasteiger partial charge in [-0.15, -0.1) is 0 Å². The van der Waals surface area contributed by atoms with Crippen molar-refractivity contribution in [3.05, 3.63) is 105 Å². The minimum absolute atomic E-state index is 0.00394. The Balaban J connectivity index is 0.000000232. The van der Waals surface area contributed by atoms with Gasteiger partial charge in [-0.2, -0.15) is 0 Å². The second-order valence-electron chi connectivity index (χ2n) is 11.1. The van der Waals surface area contributed by atoms with Crippen molar-refractivity contribution in [3.8, 4) is 0 Å².